The van der Waals surface area contributed by atoms with Gasteiger partial charge in [-0.1, -0.05) is 0 Å². The van der Waals surface area contributed by atoms with Gasteiger partial charge in [-0.25, -0.2) is 4.79 Å². The van der Waals surface area contributed by atoms with Gasteiger partial charge < -0.3 is 30.3 Å². The minimum absolute atomic E-state index is 0.00633. The van der Waals surface area contributed by atoms with Crippen LogP contribution in [0.5, 0.6) is 23.0 Å². The fourth-order valence-corrected chi connectivity index (χ4v) is 4.09. The molecule has 3 aromatic carbocycles. The highest BCUT2D eigenvalue weighted by atomic mass is 32.1. The van der Waals surface area contributed by atoms with E-state index in [-0.39, 0.29) is 11.5 Å². The third-order valence-electron chi connectivity index (χ3n) is 5.26. The van der Waals surface area contributed by atoms with Crippen LogP contribution in [0, 0.1) is 0 Å². The average Bonchev–Trinajstić information content (AvgIpc) is 3.00. The molecule has 0 fully saturated rings. The molecule has 2 aliphatic rings. The lowest BCUT2D eigenvalue weighted by molar-refractivity contribution is 0.0224. The van der Waals surface area contributed by atoms with Gasteiger partial charge in [-0.3, -0.25) is 0 Å². The van der Waals surface area contributed by atoms with E-state index in [0.29, 0.717) is 44.6 Å². The Bertz CT molecular complexity index is 1190. The molecule has 0 atom stereocenters. The third-order valence-corrected chi connectivity index (χ3v) is 5.56. The number of anilines is 1. The van der Waals surface area contributed by atoms with Crippen LogP contribution in [0.15, 0.2) is 54.6 Å². The third kappa shape index (κ3) is 2.50. The minimum Gasteiger partial charge on any atom is -0.508 e. The molecule has 0 amide bonds. The zero-order valence-corrected chi connectivity index (χ0v) is 16.5. The zero-order chi connectivity index (χ0) is 21.0. The first kappa shape index (κ1) is 18.3. The fraction of sp³-hybridized carbons (Fsp3) is 0.0909. The van der Waals surface area contributed by atoms with Gasteiger partial charge in [0.2, 0.25) is 0 Å². The Labute approximate surface area is 176 Å². The molecule has 0 bridgehead atoms. The highest BCUT2D eigenvalue weighted by Gasteiger charge is 2.53. The molecule has 7 nitrogen and oxygen atoms in total. The summed E-state index contributed by atoms with van der Waals surface area (Å²) in [5.74, 6) is 0.196. The molecule has 150 valence electrons. The minimum atomic E-state index is -1.30. The van der Waals surface area contributed by atoms with E-state index in [1.54, 1.807) is 31.3 Å². The van der Waals surface area contributed by atoms with Crippen molar-refractivity contribution in [3.8, 4) is 23.0 Å². The second-order valence-electron chi connectivity index (χ2n) is 7.00. The Balaban J connectivity index is 1.81. The van der Waals surface area contributed by atoms with Crippen LogP contribution in [-0.2, 0) is 10.3 Å². The van der Waals surface area contributed by atoms with Crippen molar-refractivity contribution in [3.63, 3.8) is 0 Å². The molecule has 0 unspecified atom stereocenters. The number of benzene rings is 3. The monoisotopic (exact) mass is 420 g/mol. The van der Waals surface area contributed by atoms with E-state index in [0.717, 1.165) is 0 Å². The molecule has 8 heteroatoms. The number of carbonyl (C=O) groups excluding carboxylic acids is 1. The summed E-state index contributed by atoms with van der Waals surface area (Å²) < 4.78 is 12.0. The number of nitrogens with one attached hydrogen (secondary N) is 2. The standard InChI is InChI=1S/C22H16N2O5S/c1-23-21(30)24-11-2-5-14-17(8-11)22(29-20(14)27)15-6-3-12(25)9-18(15)28-19-10-13(26)4-7-16(19)22/h2-10,25-26H,1H3,(H2,23,24,30). The van der Waals surface area contributed by atoms with Gasteiger partial charge in [-0.2, -0.15) is 0 Å². The Morgan fingerprint density at radius 2 is 1.57 bits per heavy atom. The van der Waals surface area contributed by atoms with Gasteiger partial charge >= 0.3 is 5.97 Å². The van der Waals surface area contributed by atoms with Crippen molar-refractivity contribution in [1.82, 2.24) is 5.32 Å². The largest absolute Gasteiger partial charge is 0.508 e. The lowest BCUT2D eigenvalue weighted by Gasteiger charge is -2.36. The van der Waals surface area contributed by atoms with Crippen molar-refractivity contribution >= 4 is 29.0 Å². The fourth-order valence-electron chi connectivity index (χ4n) is 3.97. The molecule has 2 heterocycles. The number of rotatable bonds is 1. The smallest absolute Gasteiger partial charge is 0.340 e. The van der Waals surface area contributed by atoms with E-state index in [1.807, 2.05) is 6.07 Å². The Hall–Kier alpha value is -3.78. The summed E-state index contributed by atoms with van der Waals surface area (Å²) in [6, 6.07) is 14.5. The molecule has 4 N–H and O–H groups in total. The van der Waals surface area contributed by atoms with Gasteiger partial charge in [0, 0.05) is 41.6 Å². The van der Waals surface area contributed by atoms with Crippen LogP contribution < -0.4 is 15.4 Å². The summed E-state index contributed by atoms with van der Waals surface area (Å²) in [4.78, 5) is 12.9. The number of thiocarbonyl (C=S) groups is 1. The number of carbonyl (C=O) groups is 1. The van der Waals surface area contributed by atoms with Crippen molar-refractivity contribution in [2.24, 2.45) is 0 Å². The molecule has 0 aliphatic carbocycles. The van der Waals surface area contributed by atoms with E-state index >= 15 is 0 Å². The van der Waals surface area contributed by atoms with E-state index in [9.17, 15) is 15.0 Å². The number of esters is 1. The maximum absolute atomic E-state index is 12.9. The highest BCUT2D eigenvalue weighted by Crippen LogP contribution is 2.57. The number of phenols is 2. The van der Waals surface area contributed by atoms with Crippen LogP contribution in [0.2, 0.25) is 0 Å². The van der Waals surface area contributed by atoms with E-state index in [1.165, 1.54) is 24.3 Å². The normalized spacial score (nSPS) is 14.8. The number of fused-ring (bicyclic) bond motifs is 6. The number of hydrogen-bond donors (Lipinski definition) is 4. The first-order valence-corrected chi connectivity index (χ1v) is 9.54. The molecule has 0 radical (unpaired) electrons. The SMILES string of the molecule is CNC(=S)Nc1ccc2c(c1)C1(OC2=O)c2ccc(O)cc2Oc2cc(O)ccc21. The van der Waals surface area contributed by atoms with Gasteiger partial charge in [0.15, 0.2) is 10.7 Å². The van der Waals surface area contributed by atoms with Crippen molar-refractivity contribution in [2.45, 2.75) is 5.60 Å². The van der Waals surface area contributed by atoms with Crippen LogP contribution in [0.1, 0.15) is 27.0 Å². The van der Waals surface area contributed by atoms with Crippen LogP contribution in [0.25, 0.3) is 0 Å². The first-order valence-electron chi connectivity index (χ1n) is 9.14. The van der Waals surface area contributed by atoms with Gasteiger partial charge in [0.1, 0.15) is 23.0 Å². The van der Waals surface area contributed by atoms with Crippen LogP contribution in [0.3, 0.4) is 0 Å². The van der Waals surface area contributed by atoms with Crippen molar-refractivity contribution in [3.05, 3.63) is 76.9 Å². The van der Waals surface area contributed by atoms with E-state index in [2.05, 4.69) is 10.6 Å². The Morgan fingerprint density at radius 3 is 2.17 bits per heavy atom. The topological polar surface area (TPSA) is 100 Å². The van der Waals surface area contributed by atoms with Gasteiger partial charge in [0.05, 0.1) is 5.56 Å². The summed E-state index contributed by atoms with van der Waals surface area (Å²) in [5.41, 5.74) is 1.54. The van der Waals surface area contributed by atoms with E-state index in [4.69, 9.17) is 21.7 Å². The van der Waals surface area contributed by atoms with Crippen molar-refractivity contribution < 1.29 is 24.5 Å². The molecule has 3 aromatic rings. The lowest BCUT2D eigenvalue weighted by Crippen LogP contribution is -2.33. The molecular formula is C22H16N2O5S. The summed E-state index contributed by atoms with van der Waals surface area (Å²) in [7, 11) is 1.71. The molecule has 0 aromatic heterocycles. The maximum atomic E-state index is 12.9. The first-order chi connectivity index (χ1) is 14.4. The highest BCUT2D eigenvalue weighted by molar-refractivity contribution is 7.80. The second kappa shape index (κ2) is 6.36. The molecular weight excluding hydrogens is 404 g/mol. The molecule has 30 heavy (non-hydrogen) atoms. The van der Waals surface area contributed by atoms with Crippen LogP contribution >= 0.6 is 12.2 Å². The summed E-state index contributed by atoms with van der Waals surface area (Å²) in [6.45, 7) is 0. The van der Waals surface area contributed by atoms with Gasteiger partial charge in [-0.05, 0) is 54.7 Å². The molecule has 0 saturated heterocycles. The van der Waals surface area contributed by atoms with E-state index < -0.39 is 11.6 Å². The predicted octanol–water partition coefficient (Wildman–Crippen LogP) is 3.58. The molecule has 0 saturated carbocycles. The van der Waals surface area contributed by atoms with Gasteiger partial charge in [-0.15, -0.1) is 0 Å². The lowest BCUT2D eigenvalue weighted by atomic mass is 9.77. The average molecular weight is 420 g/mol. The maximum Gasteiger partial charge on any atom is 0.340 e. The number of ether oxygens (including phenoxy) is 2. The van der Waals surface area contributed by atoms with Crippen molar-refractivity contribution in [2.75, 3.05) is 12.4 Å². The van der Waals surface area contributed by atoms with Gasteiger partial charge in [0.25, 0.3) is 0 Å². The summed E-state index contributed by atoms with van der Waals surface area (Å²) in [5, 5.41) is 26.3. The second-order valence-corrected chi connectivity index (χ2v) is 7.41. The number of phenolic OH excluding ortho intramolecular Hbond substituents is 2. The van der Waals surface area contributed by atoms with Crippen LogP contribution in [-0.4, -0.2) is 28.3 Å². The number of hydrogen-bond acceptors (Lipinski definition) is 6. The molecule has 1 spiro atoms. The Morgan fingerprint density at radius 1 is 0.933 bits per heavy atom. The molecule has 5 rings (SSSR count). The quantitative estimate of drug-likeness (QED) is 0.350. The van der Waals surface area contributed by atoms with Crippen LogP contribution in [0.4, 0.5) is 5.69 Å². The Kier molecular flexibility index (Phi) is 3.87. The van der Waals surface area contributed by atoms with Crippen molar-refractivity contribution in [1.29, 1.82) is 0 Å². The predicted molar refractivity (Wildman–Crippen MR) is 113 cm³/mol. The summed E-state index contributed by atoms with van der Waals surface area (Å²) in [6.07, 6.45) is 0. The molecule has 2 aliphatic heterocycles. The number of aromatic hydroxyl groups is 2. The zero-order valence-electron chi connectivity index (χ0n) is 15.7. The summed E-state index contributed by atoms with van der Waals surface area (Å²) >= 11 is 5.20.